The number of carboxylic acid groups (broad SMARTS) is 1. The molecule has 0 aliphatic rings. The highest BCUT2D eigenvalue weighted by Crippen LogP contribution is 2.25. The van der Waals surface area contributed by atoms with Gasteiger partial charge in [-0.3, -0.25) is 4.79 Å². The maximum atomic E-state index is 13.1. The van der Waals surface area contributed by atoms with Crippen LogP contribution in [0.4, 0.5) is 8.78 Å². The van der Waals surface area contributed by atoms with Crippen molar-refractivity contribution >= 4 is 5.97 Å². The molecule has 1 aromatic carbocycles. The molecule has 0 radical (unpaired) electrons. The smallest absolute Gasteiger partial charge is 0.308 e. The zero-order valence-electron chi connectivity index (χ0n) is 7.38. The third-order valence-electron chi connectivity index (χ3n) is 1.69. The van der Waals surface area contributed by atoms with Crippen LogP contribution in [-0.2, 0) is 11.2 Å². The van der Waals surface area contributed by atoms with E-state index in [2.05, 4.69) is 4.74 Å². The molecule has 0 saturated heterocycles. The number of ether oxygens (including phenoxy) is 1. The fourth-order valence-electron chi connectivity index (χ4n) is 1.11. The second-order valence-electron chi connectivity index (χ2n) is 2.61. The first kappa shape index (κ1) is 10.4. The summed E-state index contributed by atoms with van der Waals surface area (Å²) in [4.78, 5) is 10.4. The minimum atomic E-state index is -1.24. The Morgan fingerprint density at radius 2 is 2.00 bits per heavy atom. The molecule has 0 fully saturated rings. The van der Waals surface area contributed by atoms with Gasteiger partial charge in [0.15, 0.2) is 11.6 Å². The van der Waals surface area contributed by atoms with Crippen LogP contribution >= 0.6 is 0 Å². The van der Waals surface area contributed by atoms with Crippen molar-refractivity contribution in [3.63, 3.8) is 0 Å². The van der Waals surface area contributed by atoms with E-state index in [-0.39, 0.29) is 11.3 Å². The zero-order chi connectivity index (χ0) is 10.7. The van der Waals surface area contributed by atoms with Gasteiger partial charge in [0, 0.05) is 5.56 Å². The van der Waals surface area contributed by atoms with Crippen LogP contribution in [0.15, 0.2) is 12.1 Å². The first-order chi connectivity index (χ1) is 6.56. The molecule has 0 aromatic heterocycles. The molecule has 0 aliphatic carbocycles. The van der Waals surface area contributed by atoms with Crippen molar-refractivity contribution in [3.05, 3.63) is 29.3 Å². The summed E-state index contributed by atoms with van der Waals surface area (Å²) in [6, 6.07) is 1.76. The molecule has 76 valence electrons. The zero-order valence-corrected chi connectivity index (χ0v) is 7.38. The van der Waals surface area contributed by atoms with Crippen LogP contribution in [0.5, 0.6) is 5.75 Å². The van der Waals surface area contributed by atoms with E-state index < -0.39 is 24.0 Å². The third kappa shape index (κ3) is 1.99. The van der Waals surface area contributed by atoms with Crippen molar-refractivity contribution in [1.82, 2.24) is 0 Å². The number of methoxy groups -OCH3 is 1. The lowest BCUT2D eigenvalue weighted by Crippen LogP contribution is -2.06. The molecule has 14 heavy (non-hydrogen) atoms. The number of hydrogen-bond acceptors (Lipinski definition) is 2. The Labute approximate surface area is 78.9 Å². The lowest BCUT2D eigenvalue weighted by atomic mass is 10.1. The summed E-state index contributed by atoms with van der Waals surface area (Å²) in [5, 5.41) is 8.46. The molecular weight excluding hydrogens is 194 g/mol. The van der Waals surface area contributed by atoms with Gasteiger partial charge in [0.2, 0.25) is 0 Å². The van der Waals surface area contributed by atoms with Gasteiger partial charge in [-0.25, -0.2) is 8.78 Å². The highest BCUT2D eigenvalue weighted by atomic mass is 19.1. The summed E-state index contributed by atoms with van der Waals surface area (Å²) in [6.07, 6.45) is -0.604. The van der Waals surface area contributed by atoms with Gasteiger partial charge in [-0.15, -0.1) is 0 Å². The maximum absolute atomic E-state index is 13.1. The van der Waals surface area contributed by atoms with Gasteiger partial charge in [-0.05, 0) is 12.1 Å². The van der Waals surface area contributed by atoms with Gasteiger partial charge < -0.3 is 9.84 Å². The number of hydrogen-bond donors (Lipinski definition) is 1. The van der Waals surface area contributed by atoms with E-state index in [1.807, 2.05) is 0 Å². The van der Waals surface area contributed by atoms with Crippen LogP contribution in [0.25, 0.3) is 0 Å². The molecule has 0 spiro atoms. The normalized spacial score (nSPS) is 9.93. The summed E-state index contributed by atoms with van der Waals surface area (Å²) in [7, 11) is 1.16. The van der Waals surface area contributed by atoms with E-state index in [0.29, 0.717) is 0 Å². The summed E-state index contributed by atoms with van der Waals surface area (Å²) in [6.45, 7) is 0. The second kappa shape index (κ2) is 4.04. The van der Waals surface area contributed by atoms with E-state index in [9.17, 15) is 13.6 Å². The molecule has 0 atom stereocenters. The second-order valence-corrected chi connectivity index (χ2v) is 2.61. The molecule has 0 bridgehead atoms. The fourth-order valence-corrected chi connectivity index (χ4v) is 1.11. The average molecular weight is 202 g/mol. The maximum Gasteiger partial charge on any atom is 0.308 e. The Morgan fingerprint density at radius 3 is 2.50 bits per heavy atom. The molecule has 0 saturated carbocycles. The van der Waals surface area contributed by atoms with Gasteiger partial charge in [0.25, 0.3) is 0 Å². The van der Waals surface area contributed by atoms with Crippen LogP contribution in [0.3, 0.4) is 0 Å². The third-order valence-corrected chi connectivity index (χ3v) is 1.69. The number of rotatable bonds is 3. The van der Waals surface area contributed by atoms with Gasteiger partial charge >= 0.3 is 5.97 Å². The van der Waals surface area contributed by atoms with Crippen LogP contribution in [0.2, 0.25) is 0 Å². The van der Waals surface area contributed by atoms with E-state index in [1.54, 1.807) is 0 Å². The minimum absolute atomic E-state index is 0.278. The number of carbonyl (C=O) groups is 1. The molecule has 3 nitrogen and oxygen atoms in total. The Bertz CT molecular complexity index is 363. The van der Waals surface area contributed by atoms with Crippen LogP contribution < -0.4 is 4.74 Å². The highest BCUT2D eigenvalue weighted by molar-refractivity contribution is 5.71. The first-order valence-corrected chi connectivity index (χ1v) is 3.79. The van der Waals surface area contributed by atoms with Crippen molar-refractivity contribution < 1.29 is 23.4 Å². The summed E-state index contributed by atoms with van der Waals surface area (Å²) < 4.78 is 30.6. The van der Waals surface area contributed by atoms with E-state index in [0.717, 1.165) is 19.2 Å². The quantitative estimate of drug-likeness (QED) is 0.809. The molecule has 0 amide bonds. The lowest BCUT2D eigenvalue weighted by Gasteiger charge is -2.08. The standard InChI is InChI=1S/C9H8F2O3/c1-14-9-5(4-8(12)13)6(10)2-3-7(9)11/h2-3H,4H2,1H3,(H,12,13). The van der Waals surface area contributed by atoms with Crippen molar-refractivity contribution in [2.45, 2.75) is 6.42 Å². The molecule has 1 N–H and O–H groups in total. The Hall–Kier alpha value is -1.65. The van der Waals surface area contributed by atoms with E-state index in [1.165, 1.54) is 0 Å². The highest BCUT2D eigenvalue weighted by Gasteiger charge is 2.16. The molecule has 0 aliphatic heterocycles. The van der Waals surface area contributed by atoms with Gasteiger partial charge in [-0.2, -0.15) is 0 Å². The van der Waals surface area contributed by atoms with Crippen LogP contribution in [0, 0.1) is 11.6 Å². The summed E-state index contributed by atoms with van der Waals surface area (Å²) in [5.41, 5.74) is -0.278. The largest absolute Gasteiger partial charge is 0.493 e. The molecule has 1 rings (SSSR count). The predicted molar refractivity (Wildman–Crippen MR) is 44.2 cm³/mol. The molecule has 1 aromatic rings. The van der Waals surface area contributed by atoms with E-state index >= 15 is 0 Å². The van der Waals surface area contributed by atoms with Crippen molar-refractivity contribution in [1.29, 1.82) is 0 Å². The molecule has 5 heteroatoms. The number of halogens is 2. The lowest BCUT2D eigenvalue weighted by molar-refractivity contribution is -0.136. The molecule has 0 heterocycles. The number of aliphatic carboxylic acids is 1. The Morgan fingerprint density at radius 1 is 1.43 bits per heavy atom. The van der Waals surface area contributed by atoms with Gasteiger partial charge in [0.1, 0.15) is 5.82 Å². The topological polar surface area (TPSA) is 46.5 Å². The SMILES string of the molecule is COc1c(F)ccc(F)c1CC(=O)O. The van der Waals surface area contributed by atoms with Crippen molar-refractivity contribution in [3.8, 4) is 5.75 Å². The van der Waals surface area contributed by atoms with Gasteiger partial charge in [-0.1, -0.05) is 0 Å². The summed E-state index contributed by atoms with van der Waals surface area (Å²) >= 11 is 0. The van der Waals surface area contributed by atoms with Gasteiger partial charge in [0.05, 0.1) is 13.5 Å². The Kier molecular flexibility index (Phi) is 3.01. The fraction of sp³-hybridized carbons (Fsp3) is 0.222. The number of carboxylic acids is 1. The Balaban J connectivity index is 3.22. The van der Waals surface area contributed by atoms with E-state index in [4.69, 9.17) is 5.11 Å². The van der Waals surface area contributed by atoms with Crippen LogP contribution in [0.1, 0.15) is 5.56 Å². The predicted octanol–water partition coefficient (Wildman–Crippen LogP) is 1.60. The van der Waals surface area contributed by atoms with Crippen molar-refractivity contribution in [2.75, 3.05) is 7.11 Å². The summed E-state index contributed by atoms with van der Waals surface area (Å²) in [5.74, 6) is -3.16. The molecular formula is C9H8F2O3. The molecule has 0 unspecified atom stereocenters. The monoisotopic (exact) mass is 202 g/mol. The minimum Gasteiger partial charge on any atom is -0.493 e. The van der Waals surface area contributed by atoms with Crippen molar-refractivity contribution in [2.24, 2.45) is 0 Å². The van der Waals surface area contributed by atoms with Crippen LogP contribution in [-0.4, -0.2) is 18.2 Å². The first-order valence-electron chi connectivity index (χ1n) is 3.79. The number of benzene rings is 1. The average Bonchev–Trinajstić information content (AvgIpc) is 2.11.